The van der Waals surface area contributed by atoms with Gasteiger partial charge in [0.15, 0.2) is 60.3 Å². The molecule has 17 heteroatoms. The van der Waals surface area contributed by atoms with Crippen LogP contribution in [0.3, 0.4) is 0 Å². The average molecular weight is 1360 g/mol. The molecule has 2 atom stereocenters. The van der Waals surface area contributed by atoms with Gasteiger partial charge in [-0.3, -0.25) is 0 Å². The van der Waals surface area contributed by atoms with Crippen molar-refractivity contribution >= 4 is 91.9 Å². The summed E-state index contributed by atoms with van der Waals surface area (Å²) < 4.78 is 171. The van der Waals surface area contributed by atoms with Gasteiger partial charge in [-0.15, -0.1) is 0 Å². The fourth-order valence-electron chi connectivity index (χ4n) is 11.7. The number of benzene rings is 12. The van der Waals surface area contributed by atoms with Gasteiger partial charge in [-0.25, -0.2) is 22.0 Å². The average Bonchev–Trinajstić information content (AvgIpc) is 1.61. The van der Waals surface area contributed by atoms with Crippen molar-refractivity contribution < 1.29 is 62.5 Å². The molecule has 2 unspecified atom stereocenters. The first-order valence-electron chi connectivity index (χ1n) is 30.2. The third-order valence-electron chi connectivity index (χ3n) is 16.2. The Balaban J connectivity index is 0.000000131. The molecule has 0 radical (unpaired) electrons. The van der Waals surface area contributed by atoms with Crippen LogP contribution < -0.4 is 14.2 Å². The monoisotopic (exact) mass is 1360 g/mol. The smallest absolute Gasteiger partial charge is 0.416 e. The summed E-state index contributed by atoms with van der Waals surface area (Å²) in [6.07, 6.45) is -11.3. The lowest BCUT2D eigenvalue weighted by Crippen LogP contribution is -2.14. The fraction of sp³-hybridized carbons (Fsp3) is 0.0886. The molecule has 0 aliphatic carbocycles. The van der Waals surface area contributed by atoms with Crippen LogP contribution in [0, 0.1) is 29.1 Å². The zero-order valence-electron chi connectivity index (χ0n) is 50.9. The largest absolute Gasteiger partial charge is 0.489 e. The Morgan fingerprint density at radius 2 is 0.604 bits per heavy atom. The zero-order chi connectivity index (χ0) is 67.0. The maximum Gasteiger partial charge on any atom is 0.416 e. The van der Waals surface area contributed by atoms with E-state index in [1.54, 1.807) is 19.1 Å². The number of thiophene rings is 3. The Hall–Kier alpha value is -10.1. The van der Waals surface area contributed by atoms with Gasteiger partial charge in [0.1, 0.15) is 47.7 Å². The van der Waals surface area contributed by atoms with E-state index in [0.29, 0.717) is 34.9 Å². The van der Waals surface area contributed by atoms with E-state index in [1.165, 1.54) is 89.4 Å². The Labute approximate surface area is 552 Å². The molecule has 15 rings (SSSR count). The quantitative estimate of drug-likeness (QED) is 0.0693. The molecule has 0 N–H and O–H groups in total. The maximum absolute atomic E-state index is 13.5. The Kier molecular flexibility index (Phi) is 18.2. The minimum absolute atomic E-state index is 0.0507. The van der Waals surface area contributed by atoms with Gasteiger partial charge in [-0.1, -0.05) is 72.8 Å². The summed E-state index contributed by atoms with van der Waals surface area (Å²) in [6, 6.07) is 80.1. The predicted molar refractivity (Wildman–Crippen MR) is 367 cm³/mol. The van der Waals surface area contributed by atoms with E-state index in [4.69, 9.17) is 14.2 Å². The van der Waals surface area contributed by atoms with Crippen LogP contribution in [0.1, 0.15) is 53.9 Å². The molecule has 0 amide bonds. The van der Waals surface area contributed by atoms with Crippen molar-refractivity contribution in [1.29, 1.82) is 0 Å². The second-order valence-corrected chi connectivity index (χ2v) is 28.4. The Morgan fingerprint density at radius 1 is 0.323 bits per heavy atom. The van der Waals surface area contributed by atoms with Crippen molar-refractivity contribution in [1.82, 2.24) is 0 Å². The summed E-state index contributed by atoms with van der Waals surface area (Å²) in [5.74, 6) is -3.52. The summed E-state index contributed by atoms with van der Waals surface area (Å²) in [5, 5.41) is 7.46. The van der Waals surface area contributed by atoms with Crippen molar-refractivity contribution in [3.05, 3.63) is 324 Å². The van der Waals surface area contributed by atoms with Crippen LogP contribution in [0.5, 0.6) is 17.2 Å². The maximum atomic E-state index is 13.5. The van der Waals surface area contributed by atoms with Gasteiger partial charge < -0.3 is 14.2 Å². The number of ether oxygens (including phenoxy) is 3. The summed E-state index contributed by atoms with van der Waals surface area (Å²) in [5.41, 5.74) is -2.23. The van der Waals surface area contributed by atoms with Crippen LogP contribution in [-0.4, -0.2) is 0 Å². The van der Waals surface area contributed by atoms with Gasteiger partial charge in [-0.2, -0.15) is 26.3 Å². The molecule has 0 aliphatic heterocycles. The van der Waals surface area contributed by atoms with Crippen molar-refractivity contribution in [2.24, 2.45) is 0 Å². The third-order valence-corrected chi connectivity index (χ3v) is 23.2. The number of halogens is 11. The molecule has 3 aromatic heterocycles. The van der Waals surface area contributed by atoms with Gasteiger partial charge in [0.05, 0.1) is 11.1 Å². The highest BCUT2D eigenvalue weighted by molar-refractivity contribution is 7.51. The van der Waals surface area contributed by atoms with Crippen molar-refractivity contribution in [2.45, 2.75) is 45.0 Å². The molecule has 0 fully saturated rings. The lowest BCUT2D eigenvalue weighted by atomic mass is 10.0. The molecule has 0 spiro atoms. The SMILES string of the molecule is CC(Oc1ccc(-[s+]2c3ccccc3c3ccccc32)cc1)c1cc(C(F)(F)F)cc(C(F)(F)F)c1.CC(Oc1ccc(-[s+]2c3ccccc3c3ccccc32)cc1)c1cc(F)cc(F)c1.Fc1cc(COc2ccc(-[s+]3c4ccccc4c4ccccc43)cc2)cc(F)c1F. The molecule has 0 aliphatic rings. The molecule has 0 bridgehead atoms. The Morgan fingerprint density at radius 3 is 0.906 bits per heavy atom. The van der Waals surface area contributed by atoms with Crippen molar-refractivity contribution in [3.63, 3.8) is 0 Å². The molecule has 0 saturated carbocycles. The Bertz CT molecular complexity index is 5090. The highest BCUT2D eigenvalue weighted by Crippen LogP contribution is 2.52. The number of fused-ring (bicyclic) bond motifs is 9. The molecule has 96 heavy (non-hydrogen) atoms. The first-order valence-corrected chi connectivity index (χ1v) is 33.8. The first kappa shape index (κ1) is 64.6. The topological polar surface area (TPSA) is 27.7 Å². The van der Waals surface area contributed by atoms with Gasteiger partial charge >= 0.3 is 12.4 Å². The first-order chi connectivity index (χ1) is 46.2. The summed E-state index contributed by atoms with van der Waals surface area (Å²) in [7, 11) is -0.682. The van der Waals surface area contributed by atoms with E-state index in [-0.39, 0.29) is 55.2 Å². The van der Waals surface area contributed by atoms with Gasteiger partial charge in [0.2, 0.25) is 0 Å². The lowest BCUT2D eigenvalue weighted by Gasteiger charge is -2.19. The molecular formula is C79H54F11O3S3+3. The number of hydrogen-bond acceptors (Lipinski definition) is 3. The molecular weight excluding hydrogens is 1300 g/mol. The van der Waals surface area contributed by atoms with E-state index < -0.39 is 64.8 Å². The molecule has 3 heterocycles. The minimum Gasteiger partial charge on any atom is -0.489 e. The zero-order valence-corrected chi connectivity index (χ0v) is 53.3. The molecule has 15 aromatic rings. The van der Waals surface area contributed by atoms with Crippen LogP contribution in [0.25, 0.3) is 75.2 Å². The van der Waals surface area contributed by atoms with E-state index in [0.717, 1.165) is 23.1 Å². The lowest BCUT2D eigenvalue weighted by molar-refractivity contribution is -0.143. The number of rotatable bonds is 12. The van der Waals surface area contributed by atoms with E-state index in [9.17, 15) is 48.3 Å². The van der Waals surface area contributed by atoms with Crippen LogP contribution in [0.15, 0.2) is 267 Å². The highest BCUT2D eigenvalue weighted by Gasteiger charge is 2.38. The van der Waals surface area contributed by atoms with E-state index in [2.05, 4.69) is 133 Å². The highest BCUT2D eigenvalue weighted by atomic mass is 32.2. The predicted octanol–water partition coefficient (Wildman–Crippen LogP) is 25.8. The third kappa shape index (κ3) is 13.5. The molecule has 480 valence electrons. The summed E-state index contributed by atoms with van der Waals surface area (Å²) >= 11 is 0. The normalized spacial score (nSPS) is 12.4. The molecule has 0 saturated heterocycles. The standard InChI is InChI=1S/C28H19F6OS.C26H19F2OS.C25H16F3OS/c1-17(18-14-19(27(29,30)31)16-20(15-18)28(32,33)34)35-21-10-12-22(13-11-21)36-25-8-4-2-6-23(25)24-7-3-5-9-26(24)36;1-17(18-14-19(27)16-20(28)15-18)29-21-10-12-22(13-11-21)30-25-8-4-2-6-23(25)24-7-3-5-9-26(24)30;26-21-13-16(14-22(27)25(21)28)15-29-17-9-11-18(12-10-17)30-23-7-3-1-5-19(23)20-6-2-4-8-24(20)30/h2-17H,1H3;2-17H,1H3;1-14H,15H2/q3*+1. The number of hydrogen-bond donors (Lipinski definition) is 0. The van der Waals surface area contributed by atoms with E-state index >= 15 is 0 Å². The van der Waals surface area contributed by atoms with Gasteiger partial charge in [-0.05, 0) is 182 Å². The second-order valence-electron chi connectivity index (χ2n) is 22.5. The van der Waals surface area contributed by atoms with Gasteiger partial charge in [0, 0.05) is 106 Å². The molecule has 3 nitrogen and oxygen atoms in total. The van der Waals surface area contributed by atoms with Gasteiger partial charge in [0.25, 0.3) is 0 Å². The summed E-state index contributed by atoms with van der Waals surface area (Å²) in [6.45, 7) is 3.16. The van der Waals surface area contributed by atoms with Crippen molar-refractivity contribution in [2.75, 3.05) is 0 Å². The van der Waals surface area contributed by atoms with Crippen LogP contribution in [-0.2, 0) is 19.0 Å². The second kappa shape index (κ2) is 27.0. The van der Waals surface area contributed by atoms with E-state index in [1.807, 2.05) is 72.8 Å². The van der Waals surface area contributed by atoms with Crippen LogP contribution in [0.4, 0.5) is 48.3 Å². The fourth-order valence-corrected chi connectivity index (χ4v) is 18.9. The summed E-state index contributed by atoms with van der Waals surface area (Å²) in [4.78, 5) is 3.41. The minimum atomic E-state index is -4.91. The number of alkyl halides is 6. The van der Waals surface area contributed by atoms with Crippen LogP contribution in [0.2, 0.25) is 0 Å². The molecule has 12 aromatic carbocycles. The van der Waals surface area contributed by atoms with Crippen LogP contribution >= 0.6 is 31.4 Å². The van der Waals surface area contributed by atoms with Crippen molar-refractivity contribution in [3.8, 4) is 31.9 Å².